The molecule has 8 heteroatoms. The van der Waals surface area contributed by atoms with Crippen molar-refractivity contribution in [1.82, 2.24) is 14.5 Å². The lowest BCUT2D eigenvalue weighted by molar-refractivity contribution is -0.135. The molecule has 0 unspecified atom stereocenters. The molecule has 1 amide bonds. The second-order valence-electron chi connectivity index (χ2n) is 11.8. The molecule has 44 heavy (non-hydrogen) atoms. The SMILES string of the molecule is O=C(O)c1ccc2c(C3CCCCC3)c(-c3ccc4nc(-c5ccccc5F)ccc4c3)n(CC(=O)N3CCOCC3)c2c1. The summed E-state index contributed by atoms with van der Waals surface area (Å²) in [5.41, 5.74) is 5.80. The molecule has 7 rings (SSSR count). The van der Waals surface area contributed by atoms with Gasteiger partial charge in [0.05, 0.1) is 41.2 Å². The molecule has 3 heterocycles. The molecule has 5 aromatic rings. The van der Waals surface area contributed by atoms with Crippen LogP contribution in [0.3, 0.4) is 0 Å². The number of amides is 1. The first-order valence-electron chi connectivity index (χ1n) is 15.4. The van der Waals surface area contributed by atoms with E-state index in [1.807, 2.05) is 39.8 Å². The predicted octanol–water partition coefficient (Wildman–Crippen LogP) is 7.27. The number of pyridine rings is 1. The maximum absolute atomic E-state index is 14.5. The van der Waals surface area contributed by atoms with E-state index in [2.05, 4.69) is 6.07 Å². The number of carbonyl (C=O) groups excluding carboxylic acids is 1. The maximum atomic E-state index is 14.5. The summed E-state index contributed by atoms with van der Waals surface area (Å²) in [4.78, 5) is 32.4. The Balaban J connectivity index is 1.41. The number of carboxylic acids is 1. The summed E-state index contributed by atoms with van der Waals surface area (Å²) < 4.78 is 22.0. The van der Waals surface area contributed by atoms with Gasteiger partial charge in [-0.1, -0.05) is 49.6 Å². The first-order valence-corrected chi connectivity index (χ1v) is 15.4. The van der Waals surface area contributed by atoms with Crippen molar-refractivity contribution in [2.24, 2.45) is 0 Å². The van der Waals surface area contributed by atoms with Crippen molar-refractivity contribution >= 4 is 33.7 Å². The Morgan fingerprint density at radius 2 is 1.73 bits per heavy atom. The van der Waals surface area contributed by atoms with Crippen molar-refractivity contribution in [3.63, 3.8) is 0 Å². The molecule has 0 bridgehead atoms. The Morgan fingerprint density at radius 1 is 0.932 bits per heavy atom. The number of ether oxygens (including phenoxy) is 1. The fourth-order valence-electron chi connectivity index (χ4n) is 6.93. The van der Waals surface area contributed by atoms with E-state index in [0.717, 1.165) is 58.7 Å². The van der Waals surface area contributed by atoms with Crippen LogP contribution in [0.1, 0.15) is 53.9 Å². The van der Waals surface area contributed by atoms with Crippen LogP contribution in [0.2, 0.25) is 0 Å². The Morgan fingerprint density at radius 3 is 2.50 bits per heavy atom. The average Bonchev–Trinajstić information content (AvgIpc) is 3.38. The molecule has 1 N–H and O–H groups in total. The zero-order chi connectivity index (χ0) is 30.2. The average molecular weight is 592 g/mol. The smallest absolute Gasteiger partial charge is 0.335 e. The van der Waals surface area contributed by atoms with Gasteiger partial charge in [-0.25, -0.2) is 14.2 Å². The number of aromatic carboxylic acids is 1. The predicted molar refractivity (Wildman–Crippen MR) is 168 cm³/mol. The topological polar surface area (TPSA) is 84.7 Å². The molecular formula is C36H34FN3O4. The van der Waals surface area contributed by atoms with Gasteiger partial charge in [0.15, 0.2) is 0 Å². The van der Waals surface area contributed by atoms with Gasteiger partial charge in [0.1, 0.15) is 12.4 Å². The van der Waals surface area contributed by atoms with Crippen molar-refractivity contribution in [3.8, 4) is 22.5 Å². The first-order chi connectivity index (χ1) is 21.5. The van der Waals surface area contributed by atoms with E-state index in [9.17, 15) is 19.1 Å². The standard InChI is InChI=1S/C36H34FN3O4/c37-29-9-5-4-8-27(29)31-15-11-24-20-25(12-14-30(24)38-31)35-34(23-6-2-1-3-7-23)28-13-10-26(36(42)43)21-32(28)40(35)22-33(41)39-16-18-44-19-17-39/h4-5,8-15,20-21,23H,1-3,6-7,16-19,22H2,(H,42,43). The summed E-state index contributed by atoms with van der Waals surface area (Å²) in [6.07, 6.45) is 5.57. The van der Waals surface area contributed by atoms with Gasteiger partial charge in [0.2, 0.25) is 5.91 Å². The number of hydrogen-bond acceptors (Lipinski definition) is 4. The number of rotatable bonds is 6. The highest BCUT2D eigenvalue weighted by molar-refractivity contribution is 6.00. The van der Waals surface area contributed by atoms with E-state index in [4.69, 9.17) is 9.72 Å². The van der Waals surface area contributed by atoms with Crippen molar-refractivity contribution in [2.45, 2.75) is 44.6 Å². The van der Waals surface area contributed by atoms with Gasteiger partial charge in [0.25, 0.3) is 0 Å². The van der Waals surface area contributed by atoms with Gasteiger partial charge in [-0.15, -0.1) is 0 Å². The maximum Gasteiger partial charge on any atom is 0.335 e. The van der Waals surface area contributed by atoms with Gasteiger partial charge in [0, 0.05) is 29.4 Å². The Bertz CT molecular complexity index is 1890. The number of aromatic nitrogens is 2. The Kier molecular flexibility index (Phi) is 7.60. The molecule has 1 aliphatic carbocycles. The minimum atomic E-state index is -0.998. The molecule has 7 nitrogen and oxygen atoms in total. The summed E-state index contributed by atoms with van der Waals surface area (Å²) in [6, 6.07) is 21.8. The van der Waals surface area contributed by atoms with Gasteiger partial charge >= 0.3 is 5.97 Å². The van der Waals surface area contributed by atoms with Crippen molar-refractivity contribution in [2.75, 3.05) is 26.3 Å². The molecule has 1 aliphatic heterocycles. The molecular weight excluding hydrogens is 557 g/mol. The Hall–Kier alpha value is -4.56. The van der Waals surface area contributed by atoms with Gasteiger partial charge in [-0.05, 0) is 72.4 Å². The summed E-state index contributed by atoms with van der Waals surface area (Å²) in [7, 11) is 0. The fraction of sp³-hybridized carbons (Fsp3) is 0.306. The number of halogens is 1. The summed E-state index contributed by atoms with van der Waals surface area (Å²) in [6.45, 7) is 2.19. The molecule has 2 aliphatic rings. The van der Waals surface area contributed by atoms with Crippen LogP contribution in [-0.2, 0) is 16.1 Å². The number of carboxylic acid groups (broad SMARTS) is 1. The molecule has 0 spiro atoms. The van der Waals surface area contributed by atoms with Gasteiger partial charge in [-0.2, -0.15) is 0 Å². The van der Waals surface area contributed by atoms with E-state index in [1.165, 1.54) is 18.1 Å². The number of fused-ring (bicyclic) bond motifs is 2. The monoisotopic (exact) mass is 591 g/mol. The molecule has 1 saturated heterocycles. The minimum absolute atomic E-state index is 0.0145. The normalized spacial score (nSPS) is 16.1. The second kappa shape index (κ2) is 11.8. The number of hydrogen-bond donors (Lipinski definition) is 1. The largest absolute Gasteiger partial charge is 0.478 e. The Labute approximate surface area is 254 Å². The lowest BCUT2D eigenvalue weighted by Gasteiger charge is -2.28. The third kappa shape index (κ3) is 5.24. The lowest BCUT2D eigenvalue weighted by atomic mass is 9.81. The highest BCUT2D eigenvalue weighted by Crippen LogP contribution is 2.45. The van der Waals surface area contributed by atoms with Crippen LogP contribution in [0, 0.1) is 5.82 Å². The van der Waals surface area contributed by atoms with Crippen molar-refractivity contribution < 1.29 is 23.8 Å². The van der Waals surface area contributed by atoms with E-state index < -0.39 is 5.97 Å². The molecule has 224 valence electrons. The van der Waals surface area contributed by atoms with Crippen molar-refractivity contribution in [1.29, 1.82) is 0 Å². The van der Waals surface area contributed by atoms with E-state index >= 15 is 0 Å². The van der Waals surface area contributed by atoms with Crippen LogP contribution >= 0.6 is 0 Å². The van der Waals surface area contributed by atoms with Crippen LogP contribution < -0.4 is 0 Å². The second-order valence-corrected chi connectivity index (χ2v) is 11.8. The number of morpholine rings is 1. The zero-order valence-corrected chi connectivity index (χ0v) is 24.5. The van der Waals surface area contributed by atoms with Crippen LogP contribution in [0.25, 0.3) is 44.3 Å². The number of carbonyl (C=O) groups is 2. The first kappa shape index (κ1) is 28.2. The molecule has 0 radical (unpaired) electrons. The van der Waals surface area contributed by atoms with Gasteiger partial charge in [-0.3, -0.25) is 4.79 Å². The van der Waals surface area contributed by atoms with Crippen LogP contribution in [0.4, 0.5) is 4.39 Å². The molecule has 0 atom stereocenters. The molecule has 3 aromatic carbocycles. The van der Waals surface area contributed by atoms with Crippen LogP contribution in [-0.4, -0.2) is 57.7 Å². The minimum Gasteiger partial charge on any atom is -0.478 e. The summed E-state index contributed by atoms with van der Waals surface area (Å²) in [5, 5.41) is 11.8. The lowest BCUT2D eigenvalue weighted by Crippen LogP contribution is -2.42. The number of nitrogens with zero attached hydrogens (tertiary/aromatic N) is 3. The van der Waals surface area contributed by atoms with E-state index in [0.29, 0.717) is 43.5 Å². The van der Waals surface area contributed by atoms with Gasteiger partial charge < -0.3 is 19.3 Å². The summed E-state index contributed by atoms with van der Waals surface area (Å²) in [5.74, 6) is -1.03. The third-order valence-electron chi connectivity index (χ3n) is 9.13. The molecule has 2 aromatic heterocycles. The summed E-state index contributed by atoms with van der Waals surface area (Å²) >= 11 is 0. The molecule has 1 saturated carbocycles. The quantitative estimate of drug-likeness (QED) is 0.225. The zero-order valence-electron chi connectivity index (χ0n) is 24.5. The van der Waals surface area contributed by atoms with Crippen LogP contribution in [0.15, 0.2) is 72.8 Å². The number of benzene rings is 3. The fourth-order valence-corrected chi connectivity index (χ4v) is 6.93. The van der Waals surface area contributed by atoms with Crippen LogP contribution in [0.5, 0.6) is 0 Å². The highest BCUT2D eigenvalue weighted by Gasteiger charge is 2.29. The third-order valence-corrected chi connectivity index (χ3v) is 9.13. The van der Waals surface area contributed by atoms with E-state index in [1.54, 1.807) is 30.3 Å². The van der Waals surface area contributed by atoms with E-state index in [-0.39, 0.29) is 23.8 Å². The molecule has 2 fully saturated rings. The highest BCUT2D eigenvalue weighted by atomic mass is 19.1. The van der Waals surface area contributed by atoms with Crippen molar-refractivity contribution in [3.05, 3.63) is 89.7 Å².